The molecule has 60 valence electrons. The number of fused-ring (bicyclic) bond motifs is 5. The van der Waals surface area contributed by atoms with Gasteiger partial charge in [-0.2, -0.15) is 0 Å². The third-order valence-electron chi connectivity index (χ3n) is 2.95. The maximum Gasteiger partial charge on any atom is 0.115 e. The van der Waals surface area contributed by atoms with Crippen LogP contribution in [0.5, 0.6) is 5.75 Å². The van der Waals surface area contributed by atoms with Crippen LogP contribution in [0.3, 0.4) is 0 Å². The number of aromatic hydroxyl groups is 1. The molecule has 2 atom stereocenters. The highest BCUT2D eigenvalue weighted by Gasteiger charge is 2.32. The Morgan fingerprint density at radius 1 is 1.08 bits per heavy atom. The lowest BCUT2D eigenvalue weighted by Crippen LogP contribution is -1.91. The van der Waals surface area contributed by atoms with Crippen LogP contribution in [0.25, 0.3) is 0 Å². The molecule has 0 aliphatic heterocycles. The van der Waals surface area contributed by atoms with Gasteiger partial charge in [-0.25, -0.2) is 0 Å². The Kier molecular flexibility index (Phi) is 1.01. The molecule has 12 heavy (non-hydrogen) atoms. The number of rotatable bonds is 0. The molecule has 2 aliphatic rings. The zero-order chi connectivity index (χ0) is 8.13. The van der Waals surface area contributed by atoms with Gasteiger partial charge < -0.3 is 5.11 Å². The molecule has 0 aromatic heterocycles. The predicted molar refractivity (Wildman–Crippen MR) is 47.3 cm³/mol. The van der Waals surface area contributed by atoms with Gasteiger partial charge in [0.15, 0.2) is 0 Å². The number of hydrogen-bond donors (Lipinski definition) is 1. The summed E-state index contributed by atoms with van der Waals surface area (Å²) >= 11 is 0. The van der Waals surface area contributed by atoms with Gasteiger partial charge in [0.2, 0.25) is 0 Å². The van der Waals surface area contributed by atoms with Crippen molar-refractivity contribution < 1.29 is 5.11 Å². The monoisotopic (exact) mass is 158 g/mol. The molecule has 2 unspecified atom stereocenters. The van der Waals surface area contributed by atoms with Gasteiger partial charge in [0.05, 0.1) is 0 Å². The van der Waals surface area contributed by atoms with E-state index in [1.165, 1.54) is 17.5 Å². The highest BCUT2D eigenvalue weighted by Crippen LogP contribution is 2.48. The van der Waals surface area contributed by atoms with Crippen molar-refractivity contribution in [2.75, 3.05) is 0 Å². The number of hydrogen-bond acceptors (Lipinski definition) is 1. The lowest BCUT2D eigenvalue weighted by Gasteiger charge is -2.09. The molecule has 0 spiro atoms. The summed E-state index contributed by atoms with van der Waals surface area (Å²) in [4.78, 5) is 0. The van der Waals surface area contributed by atoms with Crippen molar-refractivity contribution >= 4 is 0 Å². The van der Waals surface area contributed by atoms with E-state index in [1.807, 2.05) is 6.07 Å². The molecule has 0 saturated heterocycles. The number of benzene rings is 1. The van der Waals surface area contributed by atoms with Crippen LogP contribution >= 0.6 is 0 Å². The van der Waals surface area contributed by atoms with Crippen LogP contribution in [-0.2, 0) is 0 Å². The van der Waals surface area contributed by atoms with Crippen molar-refractivity contribution in [1.29, 1.82) is 0 Å². The standard InChI is InChI=1S/C11H10O/c12-9-3-4-10-7-1-2-8(5-7)11(10)6-9/h1-4,6-8,12H,5H2. The molecule has 1 aromatic rings. The molecule has 0 saturated carbocycles. The molecule has 0 fully saturated rings. The Hall–Kier alpha value is -1.24. The number of allylic oxidation sites excluding steroid dienone is 2. The fourth-order valence-electron chi connectivity index (χ4n) is 2.38. The second-order valence-electron chi connectivity index (χ2n) is 3.65. The van der Waals surface area contributed by atoms with E-state index in [4.69, 9.17) is 0 Å². The van der Waals surface area contributed by atoms with Crippen LogP contribution in [0.2, 0.25) is 0 Å². The third-order valence-corrected chi connectivity index (χ3v) is 2.95. The summed E-state index contributed by atoms with van der Waals surface area (Å²) in [7, 11) is 0. The molecule has 2 bridgehead atoms. The molecule has 1 nitrogen and oxygen atoms in total. The first-order chi connectivity index (χ1) is 5.84. The van der Waals surface area contributed by atoms with E-state index < -0.39 is 0 Å². The van der Waals surface area contributed by atoms with Gasteiger partial charge >= 0.3 is 0 Å². The Morgan fingerprint density at radius 3 is 2.67 bits per heavy atom. The lowest BCUT2D eigenvalue weighted by atomic mass is 9.97. The van der Waals surface area contributed by atoms with Crippen LogP contribution < -0.4 is 0 Å². The Bertz CT molecular complexity index is 365. The second-order valence-corrected chi connectivity index (χ2v) is 3.65. The van der Waals surface area contributed by atoms with E-state index in [-0.39, 0.29) is 0 Å². The molecular weight excluding hydrogens is 148 g/mol. The van der Waals surface area contributed by atoms with E-state index in [0.717, 1.165) is 0 Å². The highest BCUT2D eigenvalue weighted by atomic mass is 16.3. The minimum absolute atomic E-state index is 0.398. The van der Waals surface area contributed by atoms with Crippen molar-refractivity contribution in [3.8, 4) is 5.75 Å². The first kappa shape index (κ1) is 6.30. The second kappa shape index (κ2) is 1.92. The summed E-state index contributed by atoms with van der Waals surface area (Å²) in [5, 5.41) is 9.30. The number of phenolic OH excluding ortho intramolecular Hbond substituents is 1. The lowest BCUT2D eigenvalue weighted by molar-refractivity contribution is 0.474. The molecule has 1 heteroatoms. The Morgan fingerprint density at radius 2 is 1.83 bits per heavy atom. The SMILES string of the molecule is Oc1ccc2c(c1)C1C=CC2C1. The van der Waals surface area contributed by atoms with Crippen LogP contribution in [-0.4, -0.2) is 5.11 Å². The van der Waals surface area contributed by atoms with Gasteiger partial charge in [0.25, 0.3) is 0 Å². The van der Waals surface area contributed by atoms with Gasteiger partial charge in [-0.05, 0) is 29.7 Å². The third kappa shape index (κ3) is 0.638. The fourth-order valence-corrected chi connectivity index (χ4v) is 2.38. The molecule has 1 aromatic carbocycles. The summed E-state index contributed by atoms with van der Waals surface area (Å²) in [6.07, 6.45) is 5.76. The summed E-state index contributed by atoms with van der Waals surface area (Å²) in [6, 6.07) is 5.75. The van der Waals surface area contributed by atoms with E-state index in [0.29, 0.717) is 17.6 Å². The van der Waals surface area contributed by atoms with Gasteiger partial charge in [-0.15, -0.1) is 0 Å². The minimum Gasteiger partial charge on any atom is -0.508 e. The normalized spacial score (nSPS) is 29.3. The van der Waals surface area contributed by atoms with Crippen LogP contribution in [0.4, 0.5) is 0 Å². The zero-order valence-corrected chi connectivity index (χ0v) is 6.70. The van der Waals surface area contributed by atoms with Crippen LogP contribution in [0.1, 0.15) is 29.4 Å². The van der Waals surface area contributed by atoms with Crippen molar-refractivity contribution in [2.45, 2.75) is 18.3 Å². The average Bonchev–Trinajstić information content (AvgIpc) is 2.63. The molecule has 2 aliphatic carbocycles. The predicted octanol–water partition coefficient (Wildman–Crippen LogP) is 2.53. The molecule has 0 amide bonds. The van der Waals surface area contributed by atoms with E-state index in [2.05, 4.69) is 18.2 Å². The Balaban J connectivity index is 2.24. The fraction of sp³-hybridized carbons (Fsp3) is 0.273. The van der Waals surface area contributed by atoms with Crippen molar-refractivity contribution in [3.05, 3.63) is 41.5 Å². The van der Waals surface area contributed by atoms with Gasteiger partial charge in [0, 0.05) is 11.8 Å². The van der Waals surface area contributed by atoms with Gasteiger partial charge in [-0.3, -0.25) is 0 Å². The average molecular weight is 158 g/mol. The van der Waals surface area contributed by atoms with Crippen molar-refractivity contribution in [1.82, 2.24) is 0 Å². The topological polar surface area (TPSA) is 20.2 Å². The van der Waals surface area contributed by atoms with Crippen molar-refractivity contribution in [3.63, 3.8) is 0 Å². The zero-order valence-electron chi connectivity index (χ0n) is 6.70. The molecule has 0 radical (unpaired) electrons. The number of phenols is 1. The van der Waals surface area contributed by atoms with E-state index in [9.17, 15) is 5.11 Å². The maximum atomic E-state index is 9.30. The molecule has 0 heterocycles. The quantitative estimate of drug-likeness (QED) is 0.575. The van der Waals surface area contributed by atoms with Gasteiger partial charge in [0.1, 0.15) is 5.75 Å². The first-order valence-electron chi connectivity index (χ1n) is 4.36. The largest absolute Gasteiger partial charge is 0.508 e. The van der Waals surface area contributed by atoms with Crippen LogP contribution in [0, 0.1) is 0 Å². The summed E-state index contributed by atoms with van der Waals surface area (Å²) in [6.45, 7) is 0. The molecule has 1 N–H and O–H groups in total. The molecular formula is C11H10O. The Labute approximate surface area is 71.3 Å². The molecule has 3 rings (SSSR count). The minimum atomic E-state index is 0.398. The summed E-state index contributed by atoms with van der Waals surface area (Å²) in [5.41, 5.74) is 2.75. The van der Waals surface area contributed by atoms with Crippen LogP contribution in [0.15, 0.2) is 30.4 Å². The summed E-state index contributed by atoms with van der Waals surface area (Å²) in [5.74, 6) is 1.61. The first-order valence-corrected chi connectivity index (χ1v) is 4.36. The van der Waals surface area contributed by atoms with E-state index >= 15 is 0 Å². The summed E-state index contributed by atoms with van der Waals surface area (Å²) < 4.78 is 0. The highest BCUT2D eigenvalue weighted by molar-refractivity contribution is 5.50. The smallest absolute Gasteiger partial charge is 0.115 e. The van der Waals surface area contributed by atoms with Gasteiger partial charge in [-0.1, -0.05) is 18.2 Å². The maximum absolute atomic E-state index is 9.30. The van der Waals surface area contributed by atoms with E-state index in [1.54, 1.807) is 6.07 Å². The van der Waals surface area contributed by atoms with Crippen molar-refractivity contribution in [2.24, 2.45) is 0 Å².